The monoisotopic (exact) mass is 246 g/mol. The fourth-order valence-electron chi connectivity index (χ4n) is 2.65. The highest BCUT2D eigenvalue weighted by molar-refractivity contribution is 7.12. The Balaban J connectivity index is 1.55. The molecule has 2 bridgehead atoms. The van der Waals surface area contributed by atoms with E-state index < -0.39 is 0 Å². The quantitative estimate of drug-likeness (QED) is 0.497. The van der Waals surface area contributed by atoms with E-state index >= 15 is 0 Å². The molecule has 1 heterocycles. The van der Waals surface area contributed by atoms with Gasteiger partial charge in [0.15, 0.2) is 0 Å². The highest BCUT2D eigenvalue weighted by atomic mass is 32.1. The number of hydrogen-bond acceptors (Lipinski definition) is 3. The summed E-state index contributed by atoms with van der Waals surface area (Å²) in [7, 11) is 0. The summed E-state index contributed by atoms with van der Waals surface area (Å²) >= 11 is 1.43. The van der Waals surface area contributed by atoms with Crippen molar-refractivity contribution < 1.29 is 4.79 Å². The van der Waals surface area contributed by atoms with Crippen LogP contribution in [0.1, 0.15) is 22.5 Å². The highest BCUT2D eigenvalue weighted by Gasteiger charge is 2.34. The van der Waals surface area contributed by atoms with Crippen LogP contribution < -0.4 is 5.43 Å². The van der Waals surface area contributed by atoms with Crippen LogP contribution in [0.3, 0.4) is 0 Å². The van der Waals surface area contributed by atoms with Gasteiger partial charge in [-0.2, -0.15) is 5.10 Å². The van der Waals surface area contributed by atoms with Crippen molar-refractivity contribution in [1.29, 1.82) is 0 Å². The average molecular weight is 246 g/mol. The van der Waals surface area contributed by atoms with Gasteiger partial charge in [0.1, 0.15) is 0 Å². The molecular weight excluding hydrogens is 232 g/mol. The third-order valence-electron chi connectivity index (χ3n) is 3.51. The van der Waals surface area contributed by atoms with Crippen LogP contribution in [-0.2, 0) is 0 Å². The summed E-state index contributed by atoms with van der Waals surface area (Å²) < 4.78 is 0. The van der Waals surface area contributed by atoms with E-state index in [2.05, 4.69) is 22.7 Å². The first kappa shape index (κ1) is 10.7. The van der Waals surface area contributed by atoms with Crippen molar-refractivity contribution in [3.8, 4) is 0 Å². The number of carbonyl (C=O) groups excluding carboxylic acids is 1. The minimum atomic E-state index is -0.116. The maximum absolute atomic E-state index is 11.6. The molecule has 3 rings (SSSR count). The van der Waals surface area contributed by atoms with Crippen LogP contribution in [0.4, 0.5) is 0 Å². The summed E-state index contributed by atoms with van der Waals surface area (Å²) in [4.78, 5) is 12.3. The molecule has 0 radical (unpaired) electrons. The van der Waals surface area contributed by atoms with Crippen LogP contribution >= 0.6 is 11.3 Å². The number of nitrogens with one attached hydrogen (secondary N) is 1. The Morgan fingerprint density at radius 3 is 3.06 bits per heavy atom. The second-order valence-corrected chi connectivity index (χ2v) is 5.59. The Bertz CT molecular complexity index is 464. The molecule has 88 valence electrons. The van der Waals surface area contributed by atoms with Gasteiger partial charge in [-0.3, -0.25) is 4.79 Å². The predicted molar refractivity (Wildman–Crippen MR) is 69.1 cm³/mol. The smallest absolute Gasteiger partial charge is 0.266 e. The summed E-state index contributed by atoms with van der Waals surface area (Å²) in [5.41, 5.74) is 2.59. The van der Waals surface area contributed by atoms with Gasteiger partial charge in [0.05, 0.1) is 4.88 Å². The van der Waals surface area contributed by atoms with Crippen molar-refractivity contribution in [2.45, 2.75) is 12.8 Å². The minimum absolute atomic E-state index is 0.116. The Labute approximate surface area is 104 Å². The van der Waals surface area contributed by atoms with Crippen molar-refractivity contribution in [3.63, 3.8) is 0 Å². The van der Waals surface area contributed by atoms with Gasteiger partial charge in [-0.15, -0.1) is 11.3 Å². The van der Waals surface area contributed by atoms with Crippen LogP contribution in [0, 0.1) is 17.8 Å². The topological polar surface area (TPSA) is 41.5 Å². The molecule has 3 nitrogen and oxygen atoms in total. The second-order valence-electron chi connectivity index (χ2n) is 4.64. The summed E-state index contributed by atoms with van der Waals surface area (Å²) in [6.45, 7) is 0. The maximum Gasteiger partial charge on any atom is 0.281 e. The lowest BCUT2D eigenvalue weighted by Crippen LogP contribution is -2.18. The van der Waals surface area contributed by atoms with E-state index in [1.165, 1.54) is 24.2 Å². The number of carbonyl (C=O) groups is 1. The molecule has 0 saturated heterocycles. The number of amides is 1. The summed E-state index contributed by atoms with van der Waals surface area (Å²) in [6.07, 6.45) is 8.93. The van der Waals surface area contributed by atoms with Crippen molar-refractivity contribution >= 4 is 23.5 Å². The van der Waals surface area contributed by atoms with E-state index in [4.69, 9.17) is 0 Å². The summed E-state index contributed by atoms with van der Waals surface area (Å²) in [6, 6.07) is 3.67. The van der Waals surface area contributed by atoms with Crippen LogP contribution in [0.15, 0.2) is 34.8 Å². The normalized spacial score (nSPS) is 30.2. The van der Waals surface area contributed by atoms with Gasteiger partial charge in [0.2, 0.25) is 0 Å². The van der Waals surface area contributed by atoms with Gasteiger partial charge in [0, 0.05) is 12.1 Å². The van der Waals surface area contributed by atoms with E-state index in [0.29, 0.717) is 16.7 Å². The molecule has 2 aliphatic rings. The SMILES string of the molecule is O=C(NN=CC1CC2C=CC1C2)c1cccs1. The van der Waals surface area contributed by atoms with Crippen LogP contribution in [0.2, 0.25) is 0 Å². The molecule has 0 aromatic carbocycles. The summed E-state index contributed by atoms with van der Waals surface area (Å²) in [5, 5.41) is 5.96. The molecule has 0 spiro atoms. The lowest BCUT2D eigenvalue weighted by Gasteiger charge is -2.11. The molecule has 1 fully saturated rings. The lowest BCUT2D eigenvalue weighted by molar-refractivity contribution is 0.0959. The highest BCUT2D eigenvalue weighted by Crippen LogP contribution is 2.42. The molecule has 1 amide bonds. The zero-order valence-electron chi connectivity index (χ0n) is 9.37. The molecule has 1 N–H and O–H groups in total. The van der Waals surface area contributed by atoms with E-state index in [0.717, 1.165) is 5.92 Å². The molecule has 1 aromatic rings. The molecule has 0 aliphatic heterocycles. The van der Waals surface area contributed by atoms with Crippen molar-refractivity contribution in [1.82, 2.24) is 5.43 Å². The number of fused-ring (bicyclic) bond motifs is 2. The van der Waals surface area contributed by atoms with Gasteiger partial charge in [-0.25, -0.2) is 5.43 Å². The third-order valence-corrected chi connectivity index (χ3v) is 4.38. The van der Waals surface area contributed by atoms with Crippen LogP contribution in [0.25, 0.3) is 0 Å². The van der Waals surface area contributed by atoms with Crippen molar-refractivity contribution in [2.24, 2.45) is 22.9 Å². The Morgan fingerprint density at radius 2 is 2.41 bits per heavy atom. The predicted octanol–water partition coefficient (Wildman–Crippen LogP) is 2.68. The third kappa shape index (κ3) is 2.17. The van der Waals surface area contributed by atoms with E-state index in [9.17, 15) is 4.79 Å². The zero-order chi connectivity index (χ0) is 11.7. The largest absolute Gasteiger partial charge is 0.281 e. The number of nitrogens with zero attached hydrogens (tertiary/aromatic N) is 1. The fourth-order valence-corrected chi connectivity index (χ4v) is 3.26. The molecule has 17 heavy (non-hydrogen) atoms. The van der Waals surface area contributed by atoms with Gasteiger partial charge in [-0.1, -0.05) is 18.2 Å². The van der Waals surface area contributed by atoms with Crippen LogP contribution in [-0.4, -0.2) is 12.1 Å². The number of hydrazone groups is 1. The van der Waals surface area contributed by atoms with Crippen LogP contribution in [0.5, 0.6) is 0 Å². The van der Waals surface area contributed by atoms with Crippen molar-refractivity contribution in [3.05, 3.63) is 34.5 Å². The lowest BCUT2D eigenvalue weighted by atomic mass is 9.95. The van der Waals surface area contributed by atoms with Gasteiger partial charge in [0.25, 0.3) is 5.91 Å². The van der Waals surface area contributed by atoms with E-state index in [1.54, 1.807) is 6.07 Å². The number of thiophene rings is 1. The maximum atomic E-state index is 11.6. The minimum Gasteiger partial charge on any atom is -0.266 e. The average Bonchev–Trinajstić information content (AvgIpc) is 3.06. The van der Waals surface area contributed by atoms with Gasteiger partial charge < -0.3 is 0 Å². The Morgan fingerprint density at radius 1 is 1.47 bits per heavy atom. The molecule has 1 saturated carbocycles. The Hall–Kier alpha value is -1.42. The first-order valence-corrected chi connectivity index (χ1v) is 6.76. The number of rotatable bonds is 3. The summed E-state index contributed by atoms with van der Waals surface area (Å²) in [5.74, 6) is 1.77. The standard InChI is InChI=1S/C13H14N2OS/c16-13(12-2-1-5-17-12)15-14-8-11-7-9-3-4-10(11)6-9/h1-5,8-11H,6-7H2,(H,15,16). The Kier molecular flexibility index (Phi) is 2.81. The first-order chi connectivity index (χ1) is 8.33. The molecule has 3 atom stereocenters. The van der Waals surface area contributed by atoms with E-state index in [1.807, 2.05) is 17.7 Å². The molecular formula is C13H14N2OS. The van der Waals surface area contributed by atoms with E-state index in [-0.39, 0.29) is 5.91 Å². The van der Waals surface area contributed by atoms with Gasteiger partial charge >= 0.3 is 0 Å². The van der Waals surface area contributed by atoms with Crippen molar-refractivity contribution in [2.75, 3.05) is 0 Å². The molecule has 1 aromatic heterocycles. The fraction of sp³-hybridized carbons (Fsp3) is 0.385. The zero-order valence-corrected chi connectivity index (χ0v) is 10.2. The first-order valence-electron chi connectivity index (χ1n) is 5.88. The van der Waals surface area contributed by atoms with Gasteiger partial charge in [-0.05, 0) is 36.1 Å². The number of allylic oxidation sites excluding steroid dienone is 2. The molecule has 4 heteroatoms. The molecule has 3 unspecified atom stereocenters. The molecule has 2 aliphatic carbocycles. The number of hydrogen-bond donors (Lipinski definition) is 1. The second kappa shape index (κ2) is 4.45.